The van der Waals surface area contributed by atoms with Crippen LogP contribution >= 0.6 is 0 Å². The summed E-state index contributed by atoms with van der Waals surface area (Å²) >= 11 is 0. The van der Waals surface area contributed by atoms with E-state index in [1.54, 1.807) is 18.2 Å². The Kier molecular flexibility index (Phi) is 23.3. The molecule has 6 atom stereocenters. The van der Waals surface area contributed by atoms with Crippen LogP contribution < -0.4 is 0 Å². The highest BCUT2D eigenvalue weighted by Gasteiger charge is 2.39. The highest BCUT2D eigenvalue weighted by Crippen LogP contribution is 2.36. The number of allylic oxidation sites excluding steroid dienone is 1. The summed E-state index contributed by atoms with van der Waals surface area (Å²) < 4.78 is 10.5. The van der Waals surface area contributed by atoms with Crippen LogP contribution in [0.15, 0.2) is 24.3 Å². The molecule has 0 aromatic heterocycles. The van der Waals surface area contributed by atoms with Crippen molar-refractivity contribution in [2.75, 3.05) is 13.2 Å². The SMILES string of the molecule is CCCCC[C@@H](O)/C=C/[C@@H]1[C@H](C/C=C\CC(=O)OC[C@H](CO)OC(=O)CCCCCCCCCCCC(C)C)[C@@H](O)C[C@H]1O. The fourth-order valence-corrected chi connectivity index (χ4v) is 5.77. The minimum atomic E-state index is -0.883. The van der Waals surface area contributed by atoms with E-state index in [-0.39, 0.29) is 43.7 Å². The second kappa shape index (κ2) is 25.5. The molecule has 256 valence electrons. The first-order valence-electron chi connectivity index (χ1n) is 17.5. The molecule has 8 nitrogen and oxygen atoms in total. The third-order valence-electron chi connectivity index (χ3n) is 8.53. The number of aliphatic hydroxyl groups is 4. The van der Waals surface area contributed by atoms with Crippen molar-refractivity contribution in [1.29, 1.82) is 0 Å². The Morgan fingerprint density at radius 3 is 2.11 bits per heavy atom. The molecular formula is C36H64O8. The molecule has 8 heteroatoms. The molecule has 0 saturated heterocycles. The average Bonchev–Trinajstić information content (AvgIpc) is 3.26. The van der Waals surface area contributed by atoms with E-state index in [9.17, 15) is 30.0 Å². The van der Waals surface area contributed by atoms with Crippen LogP contribution in [0.3, 0.4) is 0 Å². The first-order valence-corrected chi connectivity index (χ1v) is 17.5. The Bertz CT molecular complexity index is 795. The molecule has 0 aromatic carbocycles. The van der Waals surface area contributed by atoms with Gasteiger partial charge >= 0.3 is 11.9 Å². The Balaban J connectivity index is 2.23. The Morgan fingerprint density at radius 2 is 1.48 bits per heavy atom. The van der Waals surface area contributed by atoms with Crippen LogP contribution in [-0.2, 0) is 19.1 Å². The van der Waals surface area contributed by atoms with Gasteiger partial charge in [0.25, 0.3) is 0 Å². The fraction of sp³-hybridized carbons (Fsp3) is 0.833. The topological polar surface area (TPSA) is 134 Å². The molecule has 0 spiro atoms. The van der Waals surface area contributed by atoms with E-state index in [1.807, 2.05) is 6.08 Å². The number of hydrogen-bond donors (Lipinski definition) is 4. The summed E-state index contributed by atoms with van der Waals surface area (Å²) in [4.78, 5) is 24.3. The van der Waals surface area contributed by atoms with Crippen LogP contribution in [0.1, 0.15) is 136 Å². The van der Waals surface area contributed by atoms with Crippen LogP contribution in [0.25, 0.3) is 0 Å². The molecule has 1 aliphatic rings. The number of ether oxygens (including phenoxy) is 2. The molecule has 0 bridgehead atoms. The zero-order chi connectivity index (χ0) is 32.6. The second-order valence-electron chi connectivity index (χ2n) is 13.1. The van der Waals surface area contributed by atoms with Crippen LogP contribution in [0.4, 0.5) is 0 Å². The summed E-state index contributed by atoms with van der Waals surface area (Å²) in [5.41, 5.74) is 0. The van der Waals surface area contributed by atoms with Crippen LogP contribution in [-0.4, -0.2) is 70.0 Å². The van der Waals surface area contributed by atoms with E-state index in [4.69, 9.17) is 9.47 Å². The molecule has 1 saturated carbocycles. The third kappa shape index (κ3) is 19.6. The van der Waals surface area contributed by atoms with E-state index in [0.717, 1.165) is 44.4 Å². The summed E-state index contributed by atoms with van der Waals surface area (Å²) in [5.74, 6) is -0.577. The zero-order valence-corrected chi connectivity index (χ0v) is 27.9. The number of carbonyl (C=O) groups is 2. The van der Waals surface area contributed by atoms with Gasteiger partial charge in [-0.1, -0.05) is 122 Å². The maximum Gasteiger partial charge on any atom is 0.309 e. The maximum atomic E-state index is 12.2. The summed E-state index contributed by atoms with van der Waals surface area (Å²) in [7, 11) is 0. The number of rotatable bonds is 26. The molecule has 1 fully saturated rings. The zero-order valence-electron chi connectivity index (χ0n) is 27.9. The van der Waals surface area contributed by atoms with Crippen molar-refractivity contribution in [1.82, 2.24) is 0 Å². The van der Waals surface area contributed by atoms with Crippen LogP contribution in [0.5, 0.6) is 0 Å². The van der Waals surface area contributed by atoms with E-state index >= 15 is 0 Å². The van der Waals surface area contributed by atoms with Crippen molar-refractivity contribution in [2.45, 2.75) is 161 Å². The van der Waals surface area contributed by atoms with Gasteiger partial charge in [-0.25, -0.2) is 0 Å². The van der Waals surface area contributed by atoms with Crippen molar-refractivity contribution < 1.29 is 39.5 Å². The third-order valence-corrected chi connectivity index (χ3v) is 8.53. The summed E-state index contributed by atoms with van der Waals surface area (Å²) in [6.07, 6.45) is 20.8. The normalized spacial score (nSPS) is 21.8. The van der Waals surface area contributed by atoms with E-state index < -0.39 is 37.0 Å². The van der Waals surface area contributed by atoms with E-state index in [0.29, 0.717) is 12.8 Å². The number of unbranched alkanes of at least 4 members (excludes halogenated alkanes) is 10. The number of hydrogen-bond acceptors (Lipinski definition) is 8. The van der Waals surface area contributed by atoms with E-state index in [2.05, 4.69) is 20.8 Å². The molecule has 0 heterocycles. The first kappa shape index (κ1) is 40.3. The van der Waals surface area contributed by atoms with Gasteiger partial charge in [0.15, 0.2) is 6.10 Å². The van der Waals surface area contributed by atoms with Gasteiger partial charge in [-0.15, -0.1) is 0 Å². The molecule has 1 rings (SSSR count). The van der Waals surface area contributed by atoms with Crippen molar-refractivity contribution in [2.24, 2.45) is 17.8 Å². The molecular weight excluding hydrogens is 560 g/mol. The molecule has 0 radical (unpaired) electrons. The molecule has 0 amide bonds. The highest BCUT2D eigenvalue weighted by atomic mass is 16.6. The van der Waals surface area contributed by atoms with Gasteiger partial charge in [-0.3, -0.25) is 9.59 Å². The molecule has 1 aliphatic carbocycles. The van der Waals surface area contributed by atoms with Crippen molar-refractivity contribution in [3.8, 4) is 0 Å². The van der Waals surface area contributed by atoms with Crippen molar-refractivity contribution in [3.63, 3.8) is 0 Å². The Hall–Kier alpha value is -1.74. The monoisotopic (exact) mass is 624 g/mol. The van der Waals surface area contributed by atoms with Crippen LogP contribution in [0, 0.1) is 17.8 Å². The van der Waals surface area contributed by atoms with Gasteiger partial charge in [0.1, 0.15) is 6.61 Å². The summed E-state index contributed by atoms with van der Waals surface area (Å²) in [5, 5.41) is 40.5. The minimum absolute atomic E-state index is 0.00601. The minimum Gasteiger partial charge on any atom is -0.461 e. The molecule has 0 unspecified atom stereocenters. The van der Waals surface area contributed by atoms with Gasteiger partial charge in [-0.2, -0.15) is 0 Å². The second-order valence-corrected chi connectivity index (χ2v) is 13.1. The smallest absolute Gasteiger partial charge is 0.309 e. The number of esters is 2. The van der Waals surface area contributed by atoms with Crippen molar-refractivity contribution in [3.05, 3.63) is 24.3 Å². The Morgan fingerprint density at radius 1 is 0.841 bits per heavy atom. The lowest BCUT2D eigenvalue weighted by atomic mass is 9.89. The van der Waals surface area contributed by atoms with E-state index in [1.165, 1.54) is 44.9 Å². The predicted octanol–water partition coefficient (Wildman–Crippen LogP) is 6.57. The standard InChI is InChI=1S/C36H64O8/c1-4-5-13-19-29(38)23-24-32-31(33(39)25-34(32)40)20-16-17-21-35(41)43-27-30(26-37)44-36(42)22-15-12-10-8-6-7-9-11-14-18-28(2)3/h16-17,23-24,28-34,37-40H,4-15,18-22,25-27H2,1-3H3/b17-16-,24-23+/t29-,30+,31+,32-,33+,34-/m1/s1. The first-order chi connectivity index (χ1) is 21.2. The summed E-state index contributed by atoms with van der Waals surface area (Å²) in [6.45, 7) is 6.03. The predicted molar refractivity (Wildman–Crippen MR) is 175 cm³/mol. The van der Waals surface area contributed by atoms with Gasteiger partial charge < -0.3 is 29.9 Å². The van der Waals surface area contributed by atoms with Crippen LogP contribution in [0.2, 0.25) is 0 Å². The lowest BCUT2D eigenvalue weighted by Crippen LogP contribution is -2.28. The fourth-order valence-electron chi connectivity index (χ4n) is 5.77. The lowest BCUT2D eigenvalue weighted by molar-refractivity contribution is -0.161. The molecule has 0 aromatic rings. The Labute approximate surface area is 267 Å². The summed E-state index contributed by atoms with van der Waals surface area (Å²) in [6, 6.07) is 0. The van der Waals surface area contributed by atoms with Gasteiger partial charge in [0, 0.05) is 18.8 Å². The number of carbonyl (C=O) groups excluding carboxylic acids is 2. The highest BCUT2D eigenvalue weighted by molar-refractivity contribution is 5.71. The lowest BCUT2D eigenvalue weighted by Gasteiger charge is -2.19. The largest absolute Gasteiger partial charge is 0.461 e. The molecule has 4 N–H and O–H groups in total. The molecule has 0 aliphatic heterocycles. The van der Waals surface area contributed by atoms with Crippen molar-refractivity contribution >= 4 is 11.9 Å². The van der Waals surface area contributed by atoms with Gasteiger partial charge in [0.2, 0.25) is 0 Å². The maximum absolute atomic E-state index is 12.2. The average molecular weight is 625 g/mol. The quantitative estimate of drug-likeness (QED) is 0.0482. The van der Waals surface area contributed by atoms with Gasteiger partial charge in [-0.05, 0) is 31.1 Å². The van der Waals surface area contributed by atoms with Gasteiger partial charge in [0.05, 0.1) is 31.3 Å². The number of aliphatic hydroxyl groups excluding tert-OH is 4. The molecule has 44 heavy (non-hydrogen) atoms.